The molecule has 0 amide bonds. The Kier molecular flexibility index (Phi) is 5.10. The molecule has 0 aromatic heterocycles. The van der Waals surface area contributed by atoms with Gasteiger partial charge >= 0.3 is 0 Å². The van der Waals surface area contributed by atoms with Crippen molar-refractivity contribution in [2.75, 3.05) is 0 Å². The van der Waals surface area contributed by atoms with Gasteiger partial charge in [0.05, 0.1) is 12.1 Å². The Bertz CT molecular complexity index is 374. The zero-order chi connectivity index (χ0) is 13.6. The zero-order valence-electron chi connectivity index (χ0n) is 10.9. The molecule has 1 fully saturated rings. The van der Waals surface area contributed by atoms with Gasteiger partial charge in [0.15, 0.2) is 0 Å². The van der Waals surface area contributed by atoms with Crippen molar-refractivity contribution in [1.29, 1.82) is 10.5 Å². The van der Waals surface area contributed by atoms with Gasteiger partial charge in [-0.2, -0.15) is 10.5 Å². The lowest BCUT2D eigenvalue weighted by Gasteiger charge is -2.31. The highest BCUT2D eigenvalue weighted by Crippen LogP contribution is 2.46. The van der Waals surface area contributed by atoms with E-state index in [0.717, 1.165) is 32.0 Å². The minimum Gasteiger partial charge on any atom is -0.303 e. The van der Waals surface area contributed by atoms with E-state index in [2.05, 4.69) is 18.7 Å². The quantitative estimate of drug-likeness (QED) is 0.433. The van der Waals surface area contributed by atoms with Crippen LogP contribution in [0.2, 0.25) is 0 Å². The lowest BCUT2D eigenvalue weighted by atomic mass is 9.67. The number of carbonyl (C=O) groups excluding carboxylic acids is 1. The summed E-state index contributed by atoms with van der Waals surface area (Å²) in [5.41, 5.74) is -1.03. The minimum absolute atomic E-state index is 0.139. The van der Waals surface area contributed by atoms with Gasteiger partial charge in [-0.05, 0) is 31.6 Å². The Balaban J connectivity index is 3.18. The molecule has 1 aliphatic carbocycles. The van der Waals surface area contributed by atoms with Gasteiger partial charge in [-0.25, -0.2) is 0 Å². The summed E-state index contributed by atoms with van der Waals surface area (Å²) in [6, 6.07) is 4.41. The maximum absolute atomic E-state index is 11.3. The first-order valence-corrected chi connectivity index (χ1v) is 6.57. The van der Waals surface area contributed by atoms with Gasteiger partial charge in [0.1, 0.15) is 11.7 Å². The normalized spacial score (nSPS) is 30.5. The molecule has 0 unspecified atom stereocenters. The third-order valence-electron chi connectivity index (χ3n) is 4.11. The van der Waals surface area contributed by atoms with E-state index in [0.29, 0.717) is 6.42 Å². The Labute approximate surface area is 109 Å². The first-order valence-electron chi connectivity index (χ1n) is 6.57. The average molecular weight is 244 g/mol. The maximum Gasteiger partial charge on any atom is 0.147 e. The first kappa shape index (κ1) is 14.5. The van der Waals surface area contributed by atoms with E-state index >= 15 is 0 Å². The molecular weight excluding hydrogens is 224 g/mol. The third kappa shape index (κ3) is 2.62. The lowest BCUT2D eigenvalue weighted by molar-refractivity contribution is -0.113. The van der Waals surface area contributed by atoms with E-state index in [9.17, 15) is 15.3 Å². The molecule has 1 rings (SSSR count). The van der Waals surface area contributed by atoms with Gasteiger partial charge in [0.2, 0.25) is 0 Å². The topological polar surface area (TPSA) is 64.7 Å². The predicted octanol–water partition coefficient (Wildman–Crippen LogP) is 3.24. The van der Waals surface area contributed by atoms with E-state index in [1.807, 2.05) is 13.0 Å². The zero-order valence-corrected chi connectivity index (χ0v) is 10.9. The van der Waals surface area contributed by atoms with Crippen LogP contribution < -0.4 is 0 Å². The summed E-state index contributed by atoms with van der Waals surface area (Å²) < 4.78 is 0. The van der Waals surface area contributed by atoms with Crippen LogP contribution in [0, 0.1) is 45.8 Å². The Hall–Kier alpha value is -1.61. The van der Waals surface area contributed by atoms with Crippen LogP contribution in [-0.2, 0) is 4.79 Å². The van der Waals surface area contributed by atoms with Crippen LogP contribution in [0.1, 0.15) is 39.0 Å². The fourth-order valence-electron chi connectivity index (χ4n) is 3.06. The number of aldehydes is 1. The van der Waals surface area contributed by atoms with E-state index in [4.69, 9.17) is 0 Å². The summed E-state index contributed by atoms with van der Waals surface area (Å²) >= 11 is 0. The molecule has 1 aliphatic rings. The summed E-state index contributed by atoms with van der Waals surface area (Å²) in [5, 5.41) is 18.9. The molecular formula is C15H20N2O. The fraction of sp³-hybridized carbons (Fsp3) is 0.667. The Morgan fingerprint density at radius 1 is 1.39 bits per heavy atom. The second-order valence-corrected chi connectivity index (χ2v) is 5.17. The van der Waals surface area contributed by atoms with Gasteiger partial charge in [-0.15, -0.1) is 6.58 Å². The number of hydrogen-bond donors (Lipinski definition) is 0. The number of nitriles is 2. The number of allylic oxidation sites excluding steroid dienone is 1. The lowest BCUT2D eigenvalue weighted by Crippen LogP contribution is -2.33. The van der Waals surface area contributed by atoms with Gasteiger partial charge < -0.3 is 4.79 Å². The standard InChI is InChI=1S/C15H20N2O/c1-3-5-14-13(9-18)7-6-12(4-2)8-15(14,10-16)11-17/h4,9,12-14H,2-3,5-8H2,1H3/t12-,13-,14-/m1/s1. The second kappa shape index (κ2) is 6.36. The van der Waals surface area contributed by atoms with Crippen LogP contribution in [0.3, 0.4) is 0 Å². The molecule has 18 heavy (non-hydrogen) atoms. The van der Waals surface area contributed by atoms with Crippen molar-refractivity contribution in [3.63, 3.8) is 0 Å². The van der Waals surface area contributed by atoms with E-state index in [1.54, 1.807) is 0 Å². The largest absolute Gasteiger partial charge is 0.303 e. The molecule has 0 aromatic rings. The van der Waals surface area contributed by atoms with Crippen molar-refractivity contribution < 1.29 is 4.79 Å². The summed E-state index contributed by atoms with van der Waals surface area (Å²) in [6.07, 6.45) is 6.52. The van der Waals surface area contributed by atoms with Crippen LogP contribution in [0.5, 0.6) is 0 Å². The van der Waals surface area contributed by atoms with Gasteiger partial charge in [-0.1, -0.05) is 19.4 Å². The Morgan fingerprint density at radius 3 is 2.50 bits per heavy atom. The number of hydrogen-bond acceptors (Lipinski definition) is 3. The first-order chi connectivity index (χ1) is 8.67. The SMILES string of the molecule is C=C[C@@H]1CC[C@H](C=O)[C@@H](CCC)C(C#N)(C#N)C1. The molecule has 96 valence electrons. The summed E-state index contributed by atoms with van der Waals surface area (Å²) in [4.78, 5) is 11.3. The molecule has 0 aliphatic heterocycles. The number of rotatable bonds is 4. The van der Waals surface area contributed by atoms with Crippen LogP contribution in [-0.4, -0.2) is 6.29 Å². The smallest absolute Gasteiger partial charge is 0.147 e. The van der Waals surface area contributed by atoms with Crippen molar-refractivity contribution in [2.24, 2.45) is 23.2 Å². The van der Waals surface area contributed by atoms with Crippen molar-refractivity contribution in [3.8, 4) is 12.1 Å². The maximum atomic E-state index is 11.3. The third-order valence-corrected chi connectivity index (χ3v) is 4.11. The molecule has 3 nitrogen and oxygen atoms in total. The highest BCUT2D eigenvalue weighted by Gasteiger charge is 2.46. The Morgan fingerprint density at radius 2 is 2.06 bits per heavy atom. The van der Waals surface area contributed by atoms with Gasteiger partial charge in [-0.3, -0.25) is 0 Å². The van der Waals surface area contributed by atoms with Crippen LogP contribution in [0.15, 0.2) is 12.7 Å². The number of nitrogens with zero attached hydrogens (tertiary/aromatic N) is 2. The number of carbonyl (C=O) groups is 1. The molecule has 0 radical (unpaired) electrons. The molecule has 0 aromatic carbocycles. The van der Waals surface area contributed by atoms with E-state index < -0.39 is 5.41 Å². The molecule has 3 heteroatoms. The molecule has 0 heterocycles. The van der Waals surface area contributed by atoms with E-state index in [1.165, 1.54) is 0 Å². The molecule has 3 atom stereocenters. The van der Waals surface area contributed by atoms with Crippen LogP contribution >= 0.6 is 0 Å². The molecule has 0 bridgehead atoms. The van der Waals surface area contributed by atoms with Crippen LogP contribution in [0.25, 0.3) is 0 Å². The van der Waals surface area contributed by atoms with Crippen molar-refractivity contribution in [2.45, 2.75) is 39.0 Å². The molecule has 0 N–H and O–H groups in total. The minimum atomic E-state index is -1.03. The van der Waals surface area contributed by atoms with Crippen LogP contribution in [0.4, 0.5) is 0 Å². The highest BCUT2D eigenvalue weighted by molar-refractivity contribution is 5.55. The van der Waals surface area contributed by atoms with Gasteiger partial charge in [0.25, 0.3) is 0 Å². The molecule has 0 saturated heterocycles. The predicted molar refractivity (Wildman–Crippen MR) is 69.1 cm³/mol. The second-order valence-electron chi connectivity index (χ2n) is 5.17. The van der Waals surface area contributed by atoms with Gasteiger partial charge in [0, 0.05) is 11.8 Å². The van der Waals surface area contributed by atoms with Crippen molar-refractivity contribution >= 4 is 6.29 Å². The summed E-state index contributed by atoms with van der Waals surface area (Å²) in [7, 11) is 0. The molecule has 1 saturated carbocycles. The highest BCUT2D eigenvalue weighted by atomic mass is 16.1. The average Bonchev–Trinajstić information content (AvgIpc) is 2.56. The molecule has 0 spiro atoms. The van der Waals surface area contributed by atoms with Crippen molar-refractivity contribution in [1.82, 2.24) is 0 Å². The van der Waals surface area contributed by atoms with E-state index in [-0.39, 0.29) is 17.8 Å². The summed E-state index contributed by atoms with van der Waals surface area (Å²) in [6.45, 7) is 5.80. The monoisotopic (exact) mass is 244 g/mol. The fourth-order valence-corrected chi connectivity index (χ4v) is 3.06. The van der Waals surface area contributed by atoms with Crippen molar-refractivity contribution in [3.05, 3.63) is 12.7 Å². The summed E-state index contributed by atoms with van der Waals surface area (Å²) in [5.74, 6) is -0.150.